The molecule has 0 amide bonds. The summed E-state index contributed by atoms with van der Waals surface area (Å²) in [5.41, 5.74) is 0. The van der Waals surface area contributed by atoms with Crippen LogP contribution >= 0.6 is 39.1 Å². The van der Waals surface area contributed by atoms with E-state index in [1.165, 1.54) is 0 Å². The molecule has 2 atom stereocenters. The molecule has 16 nitrogen and oxygen atoms in total. The molecule has 7 N–H and O–H groups in total. The fraction of sp³-hybridized carbons (Fsp3) is 0. The van der Waals surface area contributed by atoms with Gasteiger partial charge in [0.15, 0.2) is 0 Å². The Hall–Kier alpha value is 8.89. The van der Waals surface area contributed by atoms with Gasteiger partial charge in [0.05, 0.1) is 0 Å². The molecule has 0 spiro atoms. The Morgan fingerprint density at radius 2 is 0.538 bits per heavy atom. The standard InChI is InChI=1S/5K.H7O16P5.5H/c;;;;;1-17(2,3)13-19(7,8)15-21(11,12)16-20(9,10)14-18(4,5)6;;;;;/h;;;;;(H,7,8)(H,9,10)(H,11,12)(H2,1,2,3)(H2,4,5,6);;;;;. The third kappa shape index (κ3) is 30.9. The Morgan fingerprint density at radius 1 is 0.385 bits per heavy atom. The van der Waals surface area contributed by atoms with Crippen molar-refractivity contribution in [2.45, 2.75) is 0 Å². The molecule has 0 fully saturated rings. The second-order valence-electron chi connectivity index (χ2n) is 2.71. The molecule has 0 radical (unpaired) electrons. The maximum absolute atomic E-state index is 11.0. The summed E-state index contributed by atoms with van der Waals surface area (Å²) in [5.74, 6) is 0. The average Bonchev–Trinajstić information content (AvgIpc) is 1.83. The van der Waals surface area contributed by atoms with Gasteiger partial charge in [-0.05, 0) is 0 Å². The van der Waals surface area contributed by atoms with Crippen LogP contribution in [-0.2, 0) is 40.1 Å². The van der Waals surface area contributed by atoms with E-state index < -0.39 is 39.1 Å². The van der Waals surface area contributed by atoms with Crippen LogP contribution in [0.15, 0.2) is 0 Å². The molecule has 2 unspecified atom stereocenters. The zero-order chi connectivity index (χ0) is 17.3. The first kappa shape index (κ1) is 48.0. The Bertz CT molecular complexity index is 565. The Morgan fingerprint density at radius 3 is 0.692 bits per heavy atom. The molecule has 26 heavy (non-hydrogen) atoms. The van der Waals surface area contributed by atoms with Gasteiger partial charge in [-0.15, -0.1) is 0 Å². The zero-order valence-corrected chi connectivity index (χ0v) is 13.5. The summed E-state index contributed by atoms with van der Waals surface area (Å²) in [7, 11) is -29.3. The maximum atomic E-state index is 11.0. The van der Waals surface area contributed by atoms with Crippen LogP contribution < -0.4 is 0 Å². The quantitative estimate of drug-likeness (QED) is 0.102. The van der Waals surface area contributed by atoms with Gasteiger partial charge < -0.3 is 34.3 Å². The van der Waals surface area contributed by atoms with Crippen LogP contribution in [0, 0.1) is 0 Å². The molecule has 0 bridgehead atoms. The van der Waals surface area contributed by atoms with E-state index >= 15 is 0 Å². The van der Waals surface area contributed by atoms with Gasteiger partial charge in [-0.1, -0.05) is 0 Å². The summed E-state index contributed by atoms with van der Waals surface area (Å²) in [6.07, 6.45) is 0. The van der Waals surface area contributed by atoms with Gasteiger partial charge >= 0.3 is 296 Å². The molecule has 0 rings (SSSR count). The molecule has 0 heterocycles. The molecule has 26 heteroatoms. The van der Waals surface area contributed by atoms with Crippen molar-refractivity contribution in [2.24, 2.45) is 0 Å². The van der Waals surface area contributed by atoms with E-state index in [1.54, 1.807) is 0 Å². The first-order chi connectivity index (χ1) is 8.83. The van der Waals surface area contributed by atoms with Crippen LogP contribution in [0.25, 0.3) is 0 Å². The summed E-state index contributed by atoms with van der Waals surface area (Å²) in [5, 5.41) is 0. The van der Waals surface area contributed by atoms with Crippen LogP contribution in [0.3, 0.4) is 0 Å². The van der Waals surface area contributed by atoms with Gasteiger partial charge in [0.1, 0.15) is 0 Å². The molecule has 0 aliphatic heterocycles. The molecule has 0 aromatic heterocycles. The first-order valence-electron chi connectivity index (χ1n) is 3.77. The second-order valence-corrected chi connectivity index (χ2v) is 10.1. The van der Waals surface area contributed by atoms with Gasteiger partial charge in [-0.25, -0.2) is 22.8 Å². The zero-order valence-electron chi connectivity index (χ0n) is 9.04. The van der Waals surface area contributed by atoms with Gasteiger partial charge in [0, 0.05) is 0 Å². The van der Waals surface area contributed by atoms with Crippen LogP contribution in [0.1, 0.15) is 0 Å². The molecule has 0 aliphatic rings. The van der Waals surface area contributed by atoms with Crippen molar-refractivity contribution in [3.63, 3.8) is 0 Å². The van der Waals surface area contributed by atoms with Gasteiger partial charge in [-0.3, -0.25) is 0 Å². The summed E-state index contributed by atoms with van der Waals surface area (Å²) in [4.78, 5) is 58.7. The van der Waals surface area contributed by atoms with E-state index in [1.807, 2.05) is 0 Å². The Balaban J connectivity index is -0.000000200. The molecule has 0 aliphatic carbocycles. The van der Waals surface area contributed by atoms with Gasteiger partial charge in [0.2, 0.25) is 0 Å². The van der Waals surface area contributed by atoms with Crippen molar-refractivity contribution in [3.8, 4) is 0 Å². The van der Waals surface area contributed by atoms with Crippen molar-refractivity contribution in [1.82, 2.24) is 0 Å². The predicted molar refractivity (Wildman–Crippen MR) is 93.6 cm³/mol. The summed E-state index contributed by atoms with van der Waals surface area (Å²) in [6, 6.07) is 0. The van der Waals surface area contributed by atoms with E-state index in [9.17, 15) is 22.8 Å². The number of rotatable bonds is 8. The molecule has 138 valence electrons. The monoisotopic (exact) mass is 618 g/mol. The normalized spacial score (nSPS) is 17.8. The van der Waals surface area contributed by atoms with E-state index in [0.29, 0.717) is 0 Å². The van der Waals surface area contributed by atoms with Crippen molar-refractivity contribution in [1.29, 1.82) is 0 Å². The summed E-state index contributed by atoms with van der Waals surface area (Å²) < 4.78 is 65.6. The minimum absolute atomic E-state index is 0. The Kier molecular flexibility index (Phi) is 36.8. The summed E-state index contributed by atoms with van der Waals surface area (Å²) >= 11 is 0. The van der Waals surface area contributed by atoms with Crippen molar-refractivity contribution >= 4 is 296 Å². The molecule has 0 aromatic rings. The van der Waals surface area contributed by atoms with Crippen molar-refractivity contribution < 1.29 is 74.3 Å². The molecule has 0 aromatic carbocycles. The van der Waals surface area contributed by atoms with Crippen LogP contribution in [0.2, 0.25) is 0 Å². The van der Waals surface area contributed by atoms with E-state index in [-0.39, 0.29) is 257 Å². The Labute approximate surface area is 359 Å². The fourth-order valence-corrected chi connectivity index (χ4v) is 5.97. The first-order valence-corrected chi connectivity index (χ1v) is 11.3. The third-order valence-corrected chi connectivity index (χ3v) is 7.49. The van der Waals surface area contributed by atoms with Gasteiger partial charge in [-0.2, -0.15) is 17.2 Å². The van der Waals surface area contributed by atoms with Crippen LogP contribution in [0.5, 0.6) is 0 Å². The van der Waals surface area contributed by atoms with E-state index in [2.05, 4.69) is 17.2 Å². The van der Waals surface area contributed by atoms with Gasteiger partial charge in [0.25, 0.3) is 0 Å². The molecular weight excluding hydrogens is 606 g/mol. The number of hydrogen-bond donors (Lipinski definition) is 7. The fourth-order valence-electron chi connectivity index (χ4n) is 0.574. The van der Waals surface area contributed by atoms with Crippen LogP contribution in [-0.4, -0.2) is 291 Å². The number of hydrogen-bond acceptors (Lipinski definition) is 9. The van der Waals surface area contributed by atoms with E-state index in [0.717, 1.165) is 0 Å². The minimum atomic E-state index is -6.07. The third-order valence-electron chi connectivity index (χ3n) is 0.832. The average molecular weight is 618 g/mol. The van der Waals surface area contributed by atoms with Crippen molar-refractivity contribution in [2.75, 3.05) is 0 Å². The van der Waals surface area contributed by atoms with E-state index in [4.69, 9.17) is 34.3 Å². The SMILES string of the molecule is O=P(O)(O)OP(=O)(O)OP(=O)(O)OP(=O)(O)OP(=O)(O)O.[KH].[KH].[KH].[KH].[KH]. The molecule has 0 saturated heterocycles. The van der Waals surface area contributed by atoms with Crippen molar-refractivity contribution in [3.05, 3.63) is 0 Å². The van der Waals surface area contributed by atoms with Crippen LogP contribution in [0.4, 0.5) is 0 Å². The molecular formula is H12K5O16P5. The molecule has 0 saturated carbocycles. The topological polar surface area (TPSA) is 264 Å². The predicted octanol–water partition coefficient (Wildman–Crippen LogP) is -3.70. The second kappa shape index (κ2) is 19.9. The number of phosphoric acid groups is 5. The summed E-state index contributed by atoms with van der Waals surface area (Å²) in [6.45, 7) is 0.